The summed E-state index contributed by atoms with van der Waals surface area (Å²) >= 11 is 0. The molecule has 3 rings (SSSR count). The Labute approximate surface area is 123 Å². The molecular formula is C12H14F2N4O4. The lowest BCUT2D eigenvalue weighted by atomic mass is 10.1. The van der Waals surface area contributed by atoms with Crippen LogP contribution >= 0.6 is 0 Å². The number of aliphatic hydroxyl groups excluding tert-OH is 2. The molecule has 22 heavy (non-hydrogen) atoms. The van der Waals surface area contributed by atoms with E-state index in [0.29, 0.717) is 0 Å². The third-order valence-electron chi connectivity index (χ3n) is 3.40. The van der Waals surface area contributed by atoms with Crippen molar-refractivity contribution in [1.29, 1.82) is 0 Å². The minimum atomic E-state index is -1.80. The van der Waals surface area contributed by atoms with Gasteiger partial charge in [0.25, 0.3) is 5.88 Å². The van der Waals surface area contributed by atoms with Crippen LogP contribution in [-0.4, -0.2) is 61.4 Å². The first-order valence-electron chi connectivity index (χ1n) is 6.69. The second-order valence-corrected chi connectivity index (χ2v) is 4.75. The van der Waals surface area contributed by atoms with Gasteiger partial charge in [-0.1, -0.05) is 0 Å². The molecule has 2 N–H and O–H groups in total. The predicted molar refractivity (Wildman–Crippen MR) is 67.5 cm³/mol. The van der Waals surface area contributed by atoms with Gasteiger partial charge in [-0.2, -0.15) is 9.37 Å². The van der Waals surface area contributed by atoms with Crippen molar-refractivity contribution in [3.8, 4) is 5.88 Å². The highest BCUT2D eigenvalue weighted by atomic mass is 19.1. The molecule has 2 aromatic rings. The monoisotopic (exact) mass is 316 g/mol. The normalized spacial score (nSPS) is 28.4. The van der Waals surface area contributed by atoms with E-state index in [2.05, 4.69) is 15.1 Å². The van der Waals surface area contributed by atoms with Crippen molar-refractivity contribution >= 4 is 5.65 Å². The summed E-state index contributed by atoms with van der Waals surface area (Å²) in [4.78, 5) is 7.48. The zero-order valence-electron chi connectivity index (χ0n) is 11.6. The molecule has 4 atom stereocenters. The van der Waals surface area contributed by atoms with Gasteiger partial charge < -0.3 is 19.7 Å². The molecule has 0 radical (unpaired) electrons. The van der Waals surface area contributed by atoms with E-state index in [1.807, 2.05) is 0 Å². The number of imidazole rings is 1. The van der Waals surface area contributed by atoms with Gasteiger partial charge in [0.15, 0.2) is 6.17 Å². The Morgan fingerprint density at radius 3 is 2.91 bits per heavy atom. The maximum absolute atomic E-state index is 14.2. The van der Waals surface area contributed by atoms with Crippen LogP contribution in [0.5, 0.6) is 5.88 Å². The number of hydrogen-bond donors (Lipinski definition) is 2. The molecule has 0 saturated carbocycles. The summed E-state index contributed by atoms with van der Waals surface area (Å²) in [5.74, 6) is -0.0751. The van der Waals surface area contributed by atoms with Gasteiger partial charge in [0.05, 0.1) is 25.1 Å². The minimum absolute atomic E-state index is 0.0751. The van der Waals surface area contributed by atoms with E-state index in [-0.39, 0.29) is 23.8 Å². The molecule has 1 fully saturated rings. The highest BCUT2D eigenvalue weighted by Gasteiger charge is 2.46. The highest BCUT2D eigenvalue weighted by Crippen LogP contribution is 2.36. The third-order valence-corrected chi connectivity index (χ3v) is 3.40. The number of hydrogen-bond acceptors (Lipinski definition) is 7. The fourth-order valence-electron chi connectivity index (χ4n) is 2.39. The SMILES string of the molecule is CCOc1nc(F)nn2c([C@@H]3O[C@H](CO)[C@@H](O)[C@H]3F)cnc12. The zero-order chi connectivity index (χ0) is 15.9. The number of alkyl halides is 1. The summed E-state index contributed by atoms with van der Waals surface area (Å²) in [5, 5.41) is 22.3. The average molecular weight is 316 g/mol. The smallest absolute Gasteiger partial charge is 0.329 e. The molecule has 120 valence electrons. The first kappa shape index (κ1) is 15.0. The van der Waals surface area contributed by atoms with Gasteiger partial charge >= 0.3 is 6.08 Å². The molecule has 0 bridgehead atoms. The first-order chi connectivity index (χ1) is 10.6. The van der Waals surface area contributed by atoms with E-state index in [0.717, 1.165) is 4.52 Å². The molecule has 0 aromatic carbocycles. The summed E-state index contributed by atoms with van der Waals surface area (Å²) in [6.07, 6.45) is -5.41. The first-order valence-corrected chi connectivity index (χ1v) is 6.69. The zero-order valence-corrected chi connectivity index (χ0v) is 11.6. The Bertz CT molecular complexity index is 682. The van der Waals surface area contributed by atoms with Gasteiger partial charge in [-0.15, -0.1) is 5.10 Å². The van der Waals surface area contributed by atoms with Crippen LogP contribution in [0.2, 0.25) is 0 Å². The van der Waals surface area contributed by atoms with Crippen molar-refractivity contribution in [1.82, 2.24) is 19.6 Å². The lowest BCUT2D eigenvalue weighted by Gasteiger charge is -2.12. The third kappa shape index (κ3) is 2.28. The van der Waals surface area contributed by atoms with E-state index >= 15 is 0 Å². The minimum Gasteiger partial charge on any atom is -0.475 e. The Morgan fingerprint density at radius 2 is 2.27 bits per heavy atom. The molecule has 0 spiro atoms. The fourth-order valence-corrected chi connectivity index (χ4v) is 2.39. The summed E-state index contributed by atoms with van der Waals surface area (Å²) < 4.78 is 39.1. The number of aromatic nitrogens is 4. The van der Waals surface area contributed by atoms with Crippen LogP contribution in [0.15, 0.2) is 6.20 Å². The van der Waals surface area contributed by atoms with Gasteiger partial charge in [0, 0.05) is 0 Å². The molecule has 0 aliphatic carbocycles. The van der Waals surface area contributed by atoms with Crippen LogP contribution in [0.25, 0.3) is 5.65 Å². The molecule has 1 aliphatic heterocycles. The fraction of sp³-hybridized carbons (Fsp3) is 0.583. The number of halogens is 2. The van der Waals surface area contributed by atoms with Crippen molar-refractivity contribution in [2.24, 2.45) is 0 Å². The molecule has 1 saturated heterocycles. The van der Waals surface area contributed by atoms with Gasteiger partial charge in [0.2, 0.25) is 5.65 Å². The van der Waals surface area contributed by atoms with E-state index in [1.54, 1.807) is 6.92 Å². The second kappa shape index (κ2) is 5.71. The number of rotatable bonds is 4. The Hall–Kier alpha value is -1.91. The molecule has 3 heterocycles. The Balaban J connectivity index is 2.05. The summed E-state index contributed by atoms with van der Waals surface area (Å²) in [6, 6.07) is 0. The quantitative estimate of drug-likeness (QED) is 0.805. The molecule has 1 aliphatic rings. The molecule has 0 amide bonds. The van der Waals surface area contributed by atoms with Crippen LogP contribution in [0.1, 0.15) is 18.7 Å². The van der Waals surface area contributed by atoms with Crippen molar-refractivity contribution < 1.29 is 28.5 Å². The van der Waals surface area contributed by atoms with Gasteiger partial charge in [0.1, 0.15) is 18.3 Å². The van der Waals surface area contributed by atoms with Gasteiger partial charge in [-0.25, -0.2) is 13.9 Å². The molecule has 2 aromatic heterocycles. The summed E-state index contributed by atoms with van der Waals surface area (Å²) in [6.45, 7) is 1.40. The summed E-state index contributed by atoms with van der Waals surface area (Å²) in [5.41, 5.74) is 0.204. The van der Waals surface area contributed by atoms with Crippen molar-refractivity contribution in [3.63, 3.8) is 0 Å². The van der Waals surface area contributed by atoms with Crippen LogP contribution in [0.4, 0.5) is 8.78 Å². The molecule has 10 heteroatoms. The standard InChI is InChI=1S/C12H14F2N4O4/c1-2-21-11-10-15-3-5(18(10)17-12(14)16-11)9-7(13)8(20)6(4-19)22-9/h3,6-9,19-20H,2,4H2,1H3/t6-,7-,8-,9+/m1/s1. The van der Waals surface area contributed by atoms with Gasteiger partial charge in [-0.05, 0) is 6.92 Å². The number of nitrogens with zero attached hydrogens (tertiary/aromatic N) is 4. The van der Waals surface area contributed by atoms with Crippen molar-refractivity contribution in [2.45, 2.75) is 31.4 Å². The van der Waals surface area contributed by atoms with E-state index in [4.69, 9.17) is 14.6 Å². The molecule has 8 nitrogen and oxygen atoms in total. The largest absolute Gasteiger partial charge is 0.475 e. The lowest BCUT2D eigenvalue weighted by molar-refractivity contribution is -0.0241. The van der Waals surface area contributed by atoms with Crippen LogP contribution in [0, 0.1) is 6.08 Å². The Morgan fingerprint density at radius 1 is 1.50 bits per heavy atom. The van der Waals surface area contributed by atoms with E-state index < -0.39 is 37.2 Å². The van der Waals surface area contributed by atoms with Crippen LogP contribution in [0.3, 0.4) is 0 Å². The number of fused-ring (bicyclic) bond motifs is 1. The maximum Gasteiger partial charge on any atom is 0.329 e. The molecule has 0 unspecified atom stereocenters. The van der Waals surface area contributed by atoms with Crippen molar-refractivity contribution in [3.05, 3.63) is 18.0 Å². The predicted octanol–water partition coefficient (Wildman–Crippen LogP) is -0.207. The number of aliphatic hydroxyl groups is 2. The summed E-state index contributed by atoms with van der Waals surface area (Å²) in [7, 11) is 0. The van der Waals surface area contributed by atoms with Gasteiger partial charge in [-0.3, -0.25) is 0 Å². The Kier molecular flexibility index (Phi) is 3.89. The molecular weight excluding hydrogens is 302 g/mol. The van der Waals surface area contributed by atoms with E-state index in [9.17, 15) is 13.9 Å². The van der Waals surface area contributed by atoms with Crippen LogP contribution in [-0.2, 0) is 4.74 Å². The highest BCUT2D eigenvalue weighted by molar-refractivity contribution is 5.49. The van der Waals surface area contributed by atoms with Crippen LogP contribution < -0.4 is 4.74 Å². The second-order valence-electron chi connectivity index (χ2n) is 4.75. The average Bonchev–Trinajstić information content (AvgIpc) is 3.02. The topological polar surface area (TPSA) is 102 Å². The lowest BCUT2D eigenvalue weighted by Crippen LogP contribution is -2.30. The van der Waals surface area contributed by atoms with E-state index in [1.165, 1.54) is 6.20 Å². The van der Waals surface area contributed by atoms with Crippen molar-refractivity contribution in [2.75, 3.05) is 13.2 Å². The number of ether oxygens (including phenoxy) is 2. The maximum atomic E-state index is 14.2.